The molecule has 0 radical (unpaired) electrons. The minimum atomic E-state index is -0.602. The summed E-state index contributed by atoms with van der Waals surface area (Å²) in [6.07, 6.45) is 5.96. The van der Waals surface area contributed by atoms with Gasteiger partial charge < -0.3 is 10.0 Å². The fourth-order valence-electron chi connectivity index (χ4n) is 3.84. The van der Waals surface area contributed by atoms with Crippen molar-refractivity contribution in [3.8, 4) is 0 Å². The highest BCUT2D eigenvalue weighted by molar-refractivity contribution is 5.79. The van der Waals surface area contributed by atoms with E-state index in [1.165, 1.54) is 6.42 Å². The Morgan fingerprint density at radius 2 is 2.17 bits per heavy atom. The lowest BCUT2D eigenvalue weighted by atomic mass is 9.88. The van der Waals surface area contributed by atoms with Crippen LogP contribution in [0.25, 0.3) is 0 Å². The highest BCUT2D eigenvalue weighted by Gasteiger charge is 2.49. The zero-order valence-corrected chi connectivity index (χ0v) is 11.7. The summed E-state index contributed by atoms with van der Waals surface area (Å²) < 4.78 is 0. The summed E-state index contributed by atoms with van der Waals surface area (Å²) >= 11 is 0. The molecule has 2 fully saturated rings. The van der Waals surface area contributed by atoms with Gasteiger partial charge in [0.05, 0.1) is 0 Å². The first-order valence-electron chi connectivity index (χ1n) is 7.29. The summed E-state index contributed by atoms with van der Waals surface area (Å²) in [5.74, 6) is -0.602. The van der Waals surface area contributed by atoms with Gasteiger partial charge in [-0.3, -0.25) is 9.69 Å². The molecule has 2 aliphatic rings. The summed E-state index contributed by atoms with van der Waals surface area (Å²) in [7, 11) is 2.14. The summed E-state index contributed by atoms with van der Waals surface area (Å²) in [4.78, 5) is 16.4. The Kier molecular flexibility index (Phi) is 4.28. The number of hydrogen-bond acceptors (Lipinski definition) is 3. The van der Waals surface area contributed by atoms with Crippen LogP contribution in [0.2, 0.25) is 0 Å². The largest absolute Gasteiger partial charge is 0.480 e. The van der Waals surface area contributed by atoms with Crippen molar-refractivity contribution in [1.29, 1.82) is 0 Å². The number of likely N-dealkylation sites (N-methyl/N-ethyl adjacent to an activating group) is 1. The van der Waals surface area contributed by atoms with Crippen LogP contribution in [0.15, 0.2) is 0 Å². The van der Waals surface area contributed by atoms with Crippen LogP contribution in [0.5, 0.6) is 0 Å². The molecule has 0 spiro atoms. The van der Waals surface area contributed by atoms with Crippen molar-refractivity contribution in [3.63, 3.8) is 0 Å². The highest BCUT2D eigenvalue weighted by atomic mass is 16.4. The maximum atomic E-state index is 11.8. The van der Waals surface area contributed by atoms with E-state index in [4.69, 9.17) is 0 Å². The summed E-state index contributed by atoms with van der Waals surface area (Å²) in [5, 5.41) is 9.71. The van der Waals surface area contributed by atoms with Crippen molar-refractivity contribution >= 4 is 5.97 Å². The topological polar surface area (TPSA) is 43.8 Å². The Bertz CT molecular complexity index is 308. The minimum Gasteiger partial charge on any atom is -0.480 e. The zero-order valence-electron chi connectivity index (χ0n) is 11.7. The van der Waals surface area contributed by atoms with Gasteiger partial charge in [-0.1, -0.05) is 13.3 Å². The van der Waals surface area contributed by atoms with Crippen LogP contribution < -0.4 is 0 Å². The van der Waals surface area contributed by atoms with Gasteiger partial charge in [0.2, 0.25) is 0 Å². The average molecular weight is 254 g/mol. The first-order chi connectivity index (χ1) is 8.60. The Labute approximate surface area is 110 Å². The van der Waals surface area contributed by atoms with E-state index in [-0.39, 0.29) is 0 Å². The third kappa shape index (κ3) is 2.41. The van der Waals surface area contributed by atoms with Crippen LogP contribution in [0.3, 0.4) is 0 Å². The van der Waals surface area contributed by atoms with E-state index in [0.29, 0.717) is 6.04 Å². The third-order valence-electron chi connectivity index (χ3n) is 4.64. The number of likely N-dealkylation sites (tertiary alicyclic amines) is 2. The van der Waals surface area contributed by atoms with E-state index in [2.05, 4.69) is 23.8 Å². The average Bonchev–Trinajstić information content (AvgIpc) is 2.74. The molecule has 0 saturated carbocycles. The van der Waals surface area contributed by atoms with E-state index >= 15 is 0 Å². The van der Waals surface area contributed by atoms with Gasteiger partial charge in [0.15, 0.2) is 0 Å². The normalized spacial score (nSPS) is 34.9. The fraction of sp³-hybridized carbons (Fsp3) is 0.929. The molecule has 2 aliphatic heterocycles. The van der Waals surface area contributed by atoms with E-state index in [1.807, 2.05) is 0 Å². The van der Waals surface area contributed by atoms with Gasteiger partial charge in [0.25, 0.3) is 0 Å². The van der Waals surface area contributed by atoms with Crippen LogP contribution in [0, 0.1) is 0 Å². The number of carboxylic acid groups (broad SMARTS) is 1. The molecule has 18 heavy (non-hydrogen) atoms. The Balaban J connectivity index is 2.16. The van der Waals surface area contributed by atoms with Gasteiger partial charge in [-0.15, -0.1) is 0 Å². The van der Waals surface area contributed by atoms with Crippen molar-refractivity contribution in [2.24, 2.45) is 0 Å². The van der Waals surface area contributed by atoms with E-state index < -0.39 is 11.5 Å². The van der Waals surface area contributed by atoms with Crippen LogP contribution in [-0.2, 0) is 4.79 Å². The molecular weight excluding hydrogens is 228 g/mol. The van der Waals surface area contributed by atoms with Crippen LogP contribution in [0.4, 0.5) is 0 Å². The SMILES string of the molecule is CCCC1(C(=O)O)CCCN1C1CCCN(C)C1. The van der Waals surface area contributed by atoms with Crippen LogP contribution in [-0.4, -0.2) is 59.1 Å². The van der Waals surface area contributed by atoms with E-state index in [0.717, 1.165) is 51.7 Å². The number of hydrogen-bond donors (Lipinski definition) is 1. The van der Waals surface area contributed by atoms with Crippen molar-refractivity contribution in [2.75, 3.05) is 26.7 Å². The monoisotopic (exact) mass is 254 g/mol. The molecule has 4 heteroatoms. The lowest BCUT2D eigenvalue weighted by molar-refractivity contribution is -0.152. The molecule has 104 valence electrons. The van der Waals surface area contributed by atoms with Crippen molar-refractivity contribution < 1.29 is 9.90 Å². The number of carbonyl (C=O) groups is 1. The lowest BCUT2D eigenvalue weighted by Gasteiger charge is -2.43. The van der Waals surface area contributed by atoms with Gasteiger partial charge in [-0.2, -0.15) is 0 Å². The van der Waals surface area contributed by atoms with Gasteiger partial charge in [-0.05, 0) is 52.2 Å². The second kappa shape index (κ2) is 5.57. The van der Waals surface area contributed by atoms with E-state index in [9.17, 15) is 9.90 Å². The molecule has 4 nitrogen and oxygen atoms in total. The zero-order chi connectivity index (χ0) is 13.2. The minimum absolute atomic E-state index is 0.439. The molecule has 0 aromatic carbocycles. The molecule has 0 aromatic rings. The molecular formula is C14H26N2O2. The van der Waals surface area contributed by atoms with Gasteiger partial charge in [-0.25, -0.2) is 0 Å². The number of rotatable bonds is 4. The smallest absolute Gasteiger partial charge is 0.324 e. The Morgan fingerprint density at radius 3 is 2.78 bits per heavy atom. The predicted octanol–water partition coefficient (Wildman–Crippen LogP) is 1.80. The number of piperidine rings is 1. The maximum Gasteiger partial charge on any atom is 0.324 e. The maximum absolute atomic E-state index is 11.8. The second-order valence-electron chi connectivity index (χ2n) is 5.94. The molecule has 2 atom stereocenters. The molecule has 2 unspecified atom stereocenters. The molecule has 2 rings (SSSR count). The standard InChI is InChI=1S/C14H26N2O2/c1-3-7-14(13(17)18)8-5-10-16(14)12-6-4-9-15(2)11-12/h12H,3-11H2,1-2H3,(H,17,18). The molecule has 2 heterocycles. The van der Waals surface area contributed by atoms with Crippen molar-refractivity contribution in [3.05, 3.63) is 0 Å². The molecule has 0 aliphatic carbocycles. The van der Waals surface area contributed by atoms with Crippen LogP contribution >= 0.6 is 0 Å². The first kappa shape index (κ1) is 13.8. The molecule has 0 bridgehead atoms. The van der Waals surface area contributed by atoms with Gasteiger partial charge >= 0.3 is 5.97 Å². The molecule has 0 aromatic heterocycles. The third-order valence-corrected chi connectivity index (χ3v) is 4.64. The van der Waals surface area contributed by atoms with E-state index in [1.54, 1.807) is 0 Å². The first-order valence-corrected chi connectivity index (χ1v) is 7.29. The number of aliphatic carboxylic acids is 1. The highest BCUT2D eigenvalue weighted by Crippen LogP contribution is 2.37. The molecule has 1 N–H and O–H groups in total. The van der Waals surface area contributed by atoms with Gasteiger partial charge in [0, 0.05) is 12.6 Å². The summed E-state index contributed by atoms with van der Waals surface area (Å²) in [5.41, 5.74) is -0.572. The predicted molar refractivity (Wildman–Crippen MR) is 71.7 cm³/mol. The summed E-state index contributed by atoms with van der Waals surface area (Å²) in [6.45, 7) is 5.23. The van der Waals surface area contributed by atoms with Crippen molar-refractivity contribution in [1.82, 2.24) is 9.80 Å². The summed E-state index contributed by atoms with van der Waals surface area (Å²) in [6, 6.07) is 0.439. The van der Waals surface area contributed by atoms with Crippen molar-refractivity contribution in [2.45, 2.75) is 57.0 Å². The number of nitrogens with zero attached hydrogens (tertiary/aromatic N) is 2. The number of carboxylic acids is 1. The lowest BCUT2D eigenvalue weighted by Crippen LogP contribution is -2.58. The second-order valence-corrected chi connectivity index (χ2v) is 5.94. The van der Waals surface area contributed by atoms with Gasteiger partial charge in [0.1, 0.15) is 5.54 Å². The Hall–Kier alpha value is -0.610. The molecule has 2 saturated heterocycles. The molecule has 0 amide bonds. The van der Waals surface area contributed by atoms with Crippen LogP contribution in [0.1, 0.15) is 45.4 Å². The fourth-order valence-corrected chi connectivity index (χ4v) is 3.84. The Morgan fingerprint density at radius 1 is 1.39 bits per heavy atom. The quantitative estimate of drug-likeness (QED) is 0.831.